The summed E-state index contributed by atoms with van der Waals surface area (Å²) in [4.78, 5) is 2.32. The first kappa shape index (κ1) is 12.3. The van der Waals surface area contributed by atoms with Crippen molar-refractivity contribution in [1.29, 1.82) is 0 Å². The fraction of sp³-hybridized carbons (Fsp3) is 1.00. The van der Waals surface area contributed by atoms with Crippen LogP contribution in [0.1, 0.15) is 25.7 Å². The summed E-state index contributed by atoms with van der Waals surface area (Å²) in [5.41, 5.74) is 5.83. The summed E-state index contributed by atoms with van der Waals surface area (Å²) in [6, 6.07) is 0. The van der Waals surface area contributed by atoms with E-state index in [0.29, 0.717) is 30.9 Å². The maximum absolute atomic E-state index is 11.5. The van der Waals surface area contributed by atoms with Crippen LogP contribution in [0.4, 0.5) is 0 Å². The molecule has 1 aliphatic heterocycles. The summed E-state index contributed by atoms with van der Waals surface area (Å²) in [6.07, 6.45) is 4.05. The molecule has 0 aromatic rings. The van der Waals surface area contributed by atoms with E-state index in [0.717, 1.165) is 12.5 Å². The first-order valence-corrected chi connectivity index (χ1v) is 7.91. The van der Waals surface area contributed by atoms with E-state index in [9.17, 15) is 8.42 Å². The minimum Gasteiger partial charge on any atom is -0.329 e. The highest BCUT2D eigenvalue weighted by Gasteiger charge is 2.40. The van der Waals surface area contributed by atoms with Crippen LogP contribution in [0.3, 0.4) is 0 Å². The predicted octanol–water partition coefficient (Wildman–Crippen LogP) is 0.234. The van der Waals surface area contributed by atoms with Crippen molar-refractivity contribution < 1.29 is 8.42 Å². The van der Waals surface area contributed by atoms with Crippen molar-refractivity contribution in [1.82, 2.24) is 4.90 Å². The molecule has 0 bridgehead atoms. The van der Waals surface area contributed by atoms with Gasteiger partial charge in [0.2, 0.25) is 0 Å². The minimum atomic E-state index is -2.79. The number of rotatable bonds is 4. The molecule has 16 heavy (non-hydrogen) atoms. The van der Waals surface area contributed by atoms with Gasteiger partial charge in [0.05, 0.1) is 11.5 Å². The third-order valence-electron chi connectivity index (χ3n) is 4.18. The lowest BCUT2D eigenvalue weighted by Crippen LogP contribution is -2.56. The second kappa shape index (κ2) is 4.27. The van der Waals surface area contributed by atoms with E-state index < -0.39 is 9.84 Å². The number of hydrogen-bond donors (Lipinski definition) is 1. The van der Waals surface area contributed by atoms with Gasteiger partial charge in [-0.25, -0.2) is 8.42 Å². The quantitative estimate of drug-likeness (QED) is 0.771. The van der Waals surface area contributed by atoms with Crippen LogP contribution in [-0.2, 0) is 9.84 Å². The molecule has 4 nitrogen and oxygen atoms in total. The van der Waals surface area contributed by atoms with Gasteiger partial charge < -0.3 is 5.73 Å². The SMILES string of the molecule is CN(CC1CC1)C1(CN)CCS(=O)(=O)CC1. The lowest BCUT2D eigenvalue weighted by atomic mass is 9.90. The Morgan fingerprint density at radius 2 is 1.88 bits per heavy atom. The normalized spacial score (nSPS) is 28.2. The van der Waals surface area contributed by atoms with Crippen LogP contribution in [0, 0.1) is 5.92 Å². The molecular weight excluding hydrogens is 224 g/mol. The van der Waals surface area contributed by atoms with Gasteiger partial charge in [0.1, 0.15) is 9.84 Å². The number of sulfone groups is 1. The van der Waals surface area contributed by atoms with Crippen LogP contribution >= 0.6 is 0 Å². The Kier molecular flexibility index (Phi) is 3.29. The van der Waals surface area contributed by atoms with Crippen LogP contribution in [0.2, 0.25) is 0 Å². The van der Waals surface area contributed by atoms with Gasteiger partial charge >= 0.3 is 0 Å². The van der Waals surface area contributed by atoms with E-state index in [-0.39, 0.29) is 5.54 Å². The fourth-order valence-corrected chi connectivity index (χ4v) is 4.13. The molecule has 1 saturated carbocycles. The first-order valence-electron chi connectivity index (χ1n) is 6.09. The van der Waals surface area contributed by atoms with E-state index in [2.05, 4.69) is 11.9 Å². The van der Waals surface area contributed by atoms with Gasteiger partial charge in [0.25, 0.3) is 0 Å². The average Bonchev–Trinajstić information content (AvgIpc) is 3.02. The third-order valence-corrected chi connectivity index (χ3v) is 5.83. The molecule has 1 heterocycles. The van der Waals surface area contributed by atoms with E-state index in [1.807, 2.05) is 0 Å². The number of hydrogen-bond acceptors (Lipinski definition) is 4. The predicted molar refractivity (Wildman–Crippen MR) is 65.0 cm³/mol. The molecule has 0 radical (unpaired) electrons. The summed E-state index contributed by atoms with van der Waals surface area (Å²) in [6.45, 7) is 1.66. The van der Waals surface area contributed by atoms with Gasteiger partial charge in [0, 0.05) is 18.6 Å². The Balaban J connectivity index is 2.01. The molecule has 0 unspecified atom stereocenters. The molecule has 2 aliphatic rings. The molecule has 94 valence electrons. The Morgan fingerprint density at radius 1 is 1.31 bits per heavy atom. The summed E-state index contributed by atoms with van der Waals surface area (Å²) in [5, 5.41) is 0. The first-order chi connectivity index (χ1) is 7.47. The van der Waals surface area contributed by atoms with Crippen LogP contribution < -0.4 is 5.73 Å². The lowest BCUT2D eigenvalue weighted by molar-refractivity contribution is 0.108. The molecule has 2 N–H and O–H groups in total. The van der Waals surface area contributed by atoms with Crippen molar-refractivity contribution >= 4 is 9.84 Å². The van der Waals surface area contributed by atoms with Crippen LogP contribution in [0.5, 0.6) is 0 Å². The van der Waals surface area contributed by atoms with Crippen molar-refractivity contribution in [2.75, 3.05) is 31.6 Å². The lowest BCUT2D eigenvalue weighted by Gasteiger charge is -2.44. The third kappa shape index (κ3) is 2.57. The molecule has 0 aromatic carbocycles. The van der Waals surface area contributed by atoms with Gasteiger partial charge in [-0.1, -0.05) is 0 Å². The zero-order valence-electron chi connectivity index (χ0n) is 9.98. The van der Waals surface area contributed by atoms with Gasteiger partial charge in [-0.2, -0.15) is 0 Å². The largest absolute Gasteiger partial charge is 0.329 e. The van der Waals surface area contributed by atoms with Gasteiger partial charge in [-0.05, 0) is 38.6 Å². The van der Waals surface area contributed by atoms with Crippen molar-refractivity contribution in [3.8, 4) is 0 Å². The second-order valence-electron chi connectivity index (χ2n) is 5.40. The zero-order chi connectivity index (χ0) is 11.8. The Labute approximate surface area is 98.1 Å². The van der Waals surface area contributed by atoms with Crippen LogP contribution in [-0.4, -0.2) is 50.5 Å². The van der Waals surface area contributed by atoms with Gasteiger partial charge in [-0.15, -0.1) is 0 Å². The summed E-state index contributed by atoms with van der Waals surface area (Å²) < 4.78 is 22.9. The molecule has 1 saturated heterocycles. The van der Waals surface area contributed by atoms with Gasteiger partial charge in [-0.3, -0.25) is 4.90 Å². The smallest absolute Gasteiger partial charge is 0.150 e. The fourth-order valence-electron chi connectivity index (χ4n) is 2.54. The van der Waals surface area contributed by atoms with Gasteiger partial charge in [0.15, 0.2) is 0 Å². The molecule has 0 atom stereocenters. The molecule has 0 amide bonds. The molecular formula is C11H22N2O2S. The van der Waals surface area contributed by atoms with Crippen molar-refractivity contribution in [3.63, 3.8) is 0 Å². The Hall–Kier alpha value is -0.130. The Bertz CT molecular complexity index is 335. The Morgan fingerprint density at radius 3 is 2.31 bits per heavy atom. The molecule has 0 aromatic heterocycles. The maximum atomic E-state index is 11.5. The van der Waals surface area contributed by atoms with E-state index in [1.165, 1.54) is 12.8 Å². The number of nitrogens with zero attached hydrogens (tertiary/aromatic N) is 1. The second-order valence-corrected chi connectivity index (χ2v) is 7.71. The molecule has 2 rings (SSSR count). The summed E-state index contributed by atoms with van der Waals surface area (Å²) >= 11 is 0. The highest BCUT2D eigenvalue weighted by molar-refractivity contribution is 7.91. The summed E-state index contributed by atoms with van der Waals surface area (Å²) in [5.74, 6) is 1.44. The van der Waals surface area contributed by atoms with E-state index in [4.69, 9.17) is 5.73 Å². The molecule has 0 spiro atoms. The number of likely N-dealkylation sites (N-methyl/N-ethyl adjacent to an activating group) is 1. The van der Waals surface area contributed by atoms with E-state index in [1.54, 1.807) is 0 Å². The highest BCUT2D eigenvalue weighted by atomic mass is 32.2. The highest BCUT2D eigenvalue weighted by Crippen LogP contribution is 2.34. The number of nitrogens with two attached hydrogens (primary N) is 1. The molecule has 2 fully saturated rings. The topological polar surface area (TPSA) is 63.4 Å². The van der Waals surface area contributed by atoms with Crippen LogP contribution in [0.15, 0.2) is 0 Å². The standard InChI is InChI=1S/C11H22N2O2S/c1-13(8-10-2-3-10)11(9-12)4-6-16(14,15)7-5-11/h10H,2-9,12H2,1H3. The summed E-state index contributed by atoms with van der Waals surface area (Å²) in [7, 11) is -0.692. The monoisotopic (exact) mass is 246 g/mol. The van der Waals surface area contributed by atoms with Crippen molar-refractivity contribution in [2.24, 2.45) is 11.7 Å². The van der Waals surface area contributed by atoms with E-state index >= 15 is 0 Å². The maximum Gasteiger partial charge on any atom is 0.150 e. The van der Waals surface area contributed by atoms with Crippen molar-refractivity contribution in [2.45, 2.75) is 31.2 Å². The van der Waals surface area contributed by atoms with Crippen LogP contribution in [0.25, 0.3) is 0 Å². The zero-order valence-corrected chi connectivity index (χ0v) is 10.8. The minimum absolute atomic E-state index is 0.0616. The van der Waals surface area contributed by atoms with Crippen molar-refractivity contribution in [3.05, 3.63) is 0 Å². The average molecular weight is 246 g/mol. The molecule has 1 aliphatic carbocycles. The molecule has 5 heteroatoms.